The Bertz CT molecular complexity index is 692. The van der Waals surface area contributed by atoms with Gasteiger partial charge in [-0.3, -0.25) is 9.59 Å². The van der Waals surface area contributed by atoms with Crippen molar-refractivity contribution in [1.82, 2.24) is 15.5 Å². The first kappa shape index (κ1) is 16.7. The van der Waals surface area contributed by atoms with E-state index in [1.807, 2.05) is 47.7 Å². The van der Waals surface area contributed by atoms with Gasteiger partial charge in [0.05, 0.1) is 4.88 Å². The monoisotopic (exact) mass is 343 g/mol. The number of carbonyl (C=O) groups is 2. The zero-order valence-electron chi connectivity index (χ0n) is 13.6. The maximum absolute atomic E-state index is 12.5. The molecule has 1 fully saturated rings. The normalized spacial score (nSPS) is 16.8. The van der Waals surface area contributed by atoms with E-state index < -0.39 is 0 Å². The summed E-state index contributed by atoms with van der Waals surface area (Å²) in [4.78, 5) is 26.9. The third-order valence-electron chi connectivity index (χ3n) is 4.30. The molecule has 1 saturated heterocycles. The number of benzene rings is 1. The van der Waals surface area contributed by atoms with Crippen molar-refractivity contribution in [2.24, 2.45) is 0 Å². The van der Waals surface area contributed by atoms with Gasteiger partial charge in [0.15, 0.2) is 0 Å². The second kappa shape index (κ2) is 7.59. The summed E-state index contributed by atoms with van der Waals surface area (Å²) < 4.78 is 0. The minimum atomic E-state index is -0.0707. The number of thiophene rings is 1. The fourth-order valence-electron chi connectivity index (χ4n) is 2.78. The van der Waals surface area contributed by atoms with Crippen molar-refractivity contribution in [2.75, 3.05) is 20.1 Å². The Kier molecular flexibility index (Phi) is 5.27. The van der Waals surface area contributed by atoms with E-state index in [9.17, 15) is 9.59 Å². The van der Waals surface area contributed by atoms with Gasteiger partial charge < -0.3 is 15.5 Å². The topological polar surface area (TPSA) is 61.4 Å². The fourth-order valence-corrected chi connectivity index (χ4v) is 3.42. The summed E-state index contributed by atoms with van der Waals surface area (Å²) in [5.74, 6) is -0.0310. The third-order valence-corrected chi connectivity index (χ3v) is 5.17. The highest BCUT2D eigenvalue weighted by molar-refractivity contribution is 7.12. The van der Waals surface area contributed by atoms with Gasteiger partial charge in [0.1, 0.15) is 0 Å². The first-order valence-electron chi connectivity index (χ1n) is 8.03. The highest BCUT2D eigenvalue weighted by Gasteiger charge is 2.23. The predicted octanol–water partition coefficient (Wildman–Crippen LogP) is 2.11. The van der Waals surface area contributed by atoms with Crippen LogP contribution in [0.2, 0.25) is 0 Å². The van der Waals surface area contributed by atoms with Crippen molar-refractivity contribution >= 4 is 23.2 Å². The van der Waals surface area contributed by atoms with Crippen molar-refractivity contribution in [3.05, 3.63) is 57.8 Å². The van der Waals surface area contributed by atoms with E-state index in [1.165, 1.54) is 11.3 Å². The lowest BCUT2D eigenvalue weighted by Crippen LogP contribution is -2.38. The van der Waals surface area contributed by atoms with Crippen LogP contribution < -0.4 is 10.6 Å². The van der Waals surface area contributed by atoms with E-state index in [2.05, 4.69) is 10.6 Å². The lowest BCUT2D eigenvalue weighted by Gasteiger charge is -2.23. The number of carbonyl (C=O) groups excluding carboxylic acids is 2. The minimum Gasteiger partial charge on any atom is -0.347 e. The Labute approximate surface area is 145 Å². The van der Waals surface area contributed by atoms with Gasteiger partial charge in [-0.05, 0) is 42.1 Å². The summed E-state index contributed by atoms with van der Waals surface area (Å²) in [6.07, 6.45) is 0.995. The molecule has 2 amide bonds. The molecule has 0 radical (unpaired) electrons. The molecule has 3 rings (SSSR count). The molecular weight excluding hydrogens is 322 g/mol. The molecule has 1 aromatic carbocycles. The average Bonchev–Trinajstić information content (AvgIpc) is 3.32. The molecule has 0 spiro atoms. The standard InChI is InChI=1S/C18H21N3O2S/c1-21(15-8-9-19-12-15)18(23)14-6-4-13(5-7-14)11-20-17(22)16-3-2-10-24-16/h2-7,10,15,19H,8-9,11-12H2,1H3,(H,20,22). The first-order chi connectivity index (χ1) is 11.6. The zero-order chi connectivity index (χ0) is 16.9. The van der Waals surface area contributed by atoms with E-state index in [1.54, 1.807) is 6.07 Å². The predicted molar refractivity (Wildman–Crippen MR) is 95.3 cm³/mol. The highest BCUT2D eigenvalue weighted by Crippen LogP contribution is 2.13. The number of nitrogens with zero attached hydrogens (tertiary/aromatic N) is 1. The molecule has 1 unspecified atom stereocenters. The molecule has 1 aliphatic rings. The molecule has 0 saturated carbocycles. The maximum Gasteiger partial charge on any atom is 0.261 e. The van der Waals surface area contributed by atoms with Gasteiger partial charge in [0.2, 0.25) is 0 Å². The summed E-state index contributed by atoms with van der Waals surface area (Å²) in [6, 6.07) is 11.4. The van der Waals surface area contributed by atoms with Crippen LogP contribution in [-0.4, -0.2) is 42.9 Å². The molecule has 24 heavy (non-hydrogen) atoms. The van der Waals surface area contributed by atoms with Gasteiger partial charge in [0, 0.05) is 31.7 Å². The summed E-state index contributed by atoms with van der Waals surface area (Å²) in [7, 11) is 1.86. The van der Waals surface area contributed by atoms with Gasteiger partial charge >= 0.3 is 0 Å². The Morgan fingerprint density at radius 3 is 2.71 bits per heavy atom. The van der Waals surface area contributed by atoms with E-state index >= 15 is 0 Å². The molecule has 0 bridgehead atoms. The van der Waals surface area contributed by atoms with Gasteiger partial charge in [-0.2, -0.15) is 0 Å². The smallest absolute Gasteiger partial charge is 0.261 e. The number of hydrogen-bond donors (Lipinski definition) is 2. The van der Waals surface area contributed by atoms with Crippen molar-refractivity contribution in [3.63, 3.8) is 0 Å². The third kappa shape index (κ3) is 3.83. The fraction of sp³-hybridized carbons (Fsp3) is 0.333. The molecule has 1 atom stereocenters. The summed E-state index contributed by atoms with van der Waals surface area (Å²) in [5.41, 5.74) is 1.65. The average molecular weight is 343 g/mol. The van der Waals surface area contributed by atoms with Crippen LogP contribution in [0.25, 0.3) is 0 Å². The van der Waals surface area contributed by atoms with Gasteiger partial charge in [0.25, 0.3) is 11.8 Å². The van der Waals surface area contributed by atoms with E-state index in [4.69, 9.17) is 0 Å². The molecule has 5 nitrogen and oxygen atoms in total. The van der Waals surface area contributed by atoms with Crippen LogP contribution in [0.15, 0.2) is 41.8 Å². The molecule has 2 heterocycles. The van der Waals surface area contributed by atoms with Crippen molar-refractivity contribution in [2.45, 2.75) is 19.0 Å². The lowest BCUT2D eigenvalue weighted by molar-refractivity contribution is 0.0743. The molecule has 6 heteroatoms. The first-order valence-corrected chi connectivity index (χ1v) is 8.91. The second-order valence-electron chi connectivity index (χ2n) is 5.92. The molecular formula is C18H21N3O2S. The van der Waals surface area contributed by atoms with Crippen LogP contribution in [0, 0.1) is 0 Å². The van der Waals surface area contributed by atoms with Crippen LogP contribution in [0.3, 0.4) is 0 Å². The van der Waals surface area contributed by atoms with Crippen LogP contribution in [-0.2, 0) is 6.54 Å². The van der Waals surface area contributed by atoms with Gasteiger partial charge in [-0.25, -0.2) is 0 Å². The zero-order valence-corrected chi connectivity index (χ0v) is 14.4. The van der Waals surface area contributed by atoms with E-state index in [-0.39, 0.29) is 17.9 Å². The Morgan fingerprint density at radius 1 is 1.29 bits per heavy atom. The molecule has 126 valence electrons. The molecule has 1 aromatic heterocycles. The highest BCUT2D eigenvalue weighted by atomic mass is 32.1. The minimum absolute atomic E-state index is 0.0397. The Hall–Kier alpha value is -2.18. The van der Waals surface area contributed by atoms with Crippen LogP contribution in [0.1, 0.15) is 32.0 Å². The summed E-state index contributed by atoms with van der Waals surface area (Å²) >= 11 is 1.42. The largest absolute Gasteiger partial charge is 0.347 e. The number of likely N-dealkylation sites (N-methyl/N-ethyl adjacent to an activating group) is 1. The quantitative estimate of drug-likeness (QED) is 0.874. The number of nitrogens with one attached hydrogen (secondary N) is 2. The lowest BCUT2D eigenvalue weighted by atomic mass is 10.1. The Balaban J connectivity index is 1.56. The van der Waals surface area contributed by atoms with Gasteiger partial charge in [-0.1, -0.05) is 18.2 Å². The number of rotatable bonds is 5. The Morgan fingerprint density at radius 2 is 2.08 bits per heavy atom. The van der Waals surface area contributed by atoms with E-state index in [0.717, 1.165) is 25.1 Å². The maximum atomic E-state index is 12.5. The van der Waals surface area contributed by atoms with Crippen molar-refractivity contribution in [3.8, 4) is 0 Å². The molecule has 0 aliphatic carbocycles. The van der Waals surface area contributed by atoms with Crippen LogP contribution in [0.5, 0.6) is 0 Å². The van der Waals surface area contributed by atoms with E-state index in [0.29, 0.717) is 17.0 Å². The molecule has 1 aliphatic heterocycles. The number of amides is 2. The molecule has 2 N–H and O–H groups in total. The molecule has 2 aromatic rings. The second-order valence-corrected chi connectivity index (χ2v) is 6.87. The van der Waals surface area contributed by atoms with Gasteiger partial charge in [-0.15, -0.1) is 11.3 Å². The SMILES string of the molecule is CN(C(=O)c1ccc(CNC(=O)c2cccs2)cc1)C1CCNC1. The summed E-state index contributed by atoms with van der Waals surface area (Å²) in [6.45, 7) is 2.27. The van der Waals surface area contributed by atoms with Crippen molar-refractivity contribution in [1.29, 1.82) is 0 Å². The van der Waals surface area contributed by atoms with Crippen molar-refractivity contribution < 1.29 is 9.59 Å². The van der Waals surface area contributed by atoms with Crippen LogP contribution in [0.4, 0.5) is 0 Å². The number of hydrogen-bond acceptors (Lipinski definition) is 4. The van der Waals surface area contributed by atoms with Crippen LogP contribution >= 0.6 is 11.3 Å². The summed E-state index contributed by atoms with van der Waals surface area (Å²) in [5, 5.41) is 8.04.